The van der Waals surface area contributed by atoms with Crippen LogP contribution in [0.4, 0.5) is 5.13 Å². The Morgan fingerprint density at radius 3 is 2.65 bits per heavy atom. The molecule has 0 bridgehead atoms. The van der Waals surface area contributed by atoms with Gasteiger partial charge in [0.15, 0.2) is 5.13 Å². The van der Waals surface area contributed by atoms with Crippen LogP contribution in [0.2, 0.25) is 0 Å². The van der Waals surface area contributed by atoms with Gasteiger partial charge in [-0.25, -0.2) is 9.78 Å². The number of thiazole rings is 1. The summed E-state index contributed by atoms with van der Waals surface area (Å²) in [6.07, 6.45) is 0.482. The fourth-order valence-corrected chi connectivity index (χ4v) is 3.33. The van der Waals surface area contributed by atoms with Crippen LogP contribution in [0.5, 0.6) is 0 Å². The molecule has 1 atom stereocenters. The third-order valence-electron chi connectivity index (χ3n) is 3.69. The van der Waals surface area contributed by atoms with Gasteiger partial charge in [-0.05, 0) is 33.3 Å². The molecule has 0 aliphatic heterocycles. The normalized spacial score (nSPS) is 11.8. The number of aryl methyl sites for hydroxylation is 2. The number of hydrogen-bond donors (Lipinski definition) is 1. The Kier molecular flexibility index (Phi) is 6.62. The molecule has 0 spiro atoms. The quantitative estimate of drug-likeness (QED) is 0.739. The summed E-state index contributed by atoms with van der Waals surface area (Å²) in [5, 5.41) is 4.78. The number of amides is 1. The van der Waals surface area contributed by atoms with Gasteiger partial charge in [0, 0.05) is 16.8 Å². The van der Waals surface area contributed by atoms with Crippen molar-refractivity contribution < 1.29 is 14.3 Å². The van der Waals surface area contributed by atoms with Crippen molar-refractivity contribution in [3.63, 3.8) is 0 Å². The van der Waals surface area contributed by atoms with Crippen molar-refractivity contribution in [3.05, 3.63) is 39.0 Å². The second kappa shape index (κ2) is 8.70. The first-order valence-corrected chi connectivity index (χ1v) is 9.21. The lowest BCUT2D eigenvalue weighted by molar-refractivity contribution is -0.142. The predicted molar refractivity (Wildman–Crippen MR) is 98.4 cm³/mol. The number of hydrogen-bond acceptors (Lipinski definition) is 7. The third-order valence-corrected chi connectivity index (χ3v) is 4.50. The number of aromatic nitrogens is 3. The smallest absolute Gasteiger partial charge is 0.348 e. The van der Waals surface area contributed by atoms with E-state index >= 15 is 0 Å². The summed E-state index contributed by atoms with van der Waals surface area (Å²) in [6, 6.07) is 1.08. The minimum atomic E-state index is -0.687. The first kappa shape index (κ1) is 19.8. The Labute approximate surface area is 155 Å². The monoisotopic (exact) mass is 378 g/mol. The fourth-order valence-electron chi connectivity index (χ4n) is 2.62. The summed E-state index contributed by atoms with van der Waals surface area (Å²) in [7, 11) is 0. The van der Waals surface area contributed by atoms with Gasteiger partial charge in [0.05, 0.1) is 18.7 Å². The van der Waals surface area contributed by atoms with Crippen LogP contribution in [-0.4, -0.2) is 33.0 Å². The highest BCUT2D eigenvalue weighted by Gasteiger charge is 2.23. The van der Waals surface area contributed by atoms with Crippen molar-refractivity contribution in [2.75, 3.05) is 11.9 Å². The minimum Gasteiger partial charge on any atom is -0.466 e. The zero-order valence-corrected chi connectivity index (χ0v) is 16.1. The number of rotatable bonds is 7. The number of esters is 1. The van der Waals surface area contributed by atoms with Gasteiger partial charge < -0.3 is 10.1 Å². The van der Waals surface area contributed by atoms with Crippen molar-refractivity contribution in [1.82, 2.24) is 14.5 Å². The molecule has 1 N–H and O–H groups in total. The number of ether oxygens (including phenoxy) is 1. The lowest BCUT2D eigenvalue weighted by Crippen LogP contribution is -2.36. The Balaban J connectivity index is 2.14. The average molecular weight is 378 g/mol. The molecule has 0 aliphatic carbocycles. The van der Waals surface area contributed by atoms with E-state index in [1.54, 1.807) is 32.2 Å². The summed E-state index contributed by atoms with van der Waals surface area (Å²) in [5.41, 5.74) is 1.36. The Morgan fingerprint density at radius 2 is 2.04 bits per heavy atom. The van der Waals surface area contributed by atoms with Crippen LogP contribution in [0.3, 0.4) is 0 Å². The van der Waals surface area contributed by atoms with Gasteiger partial charge in [0.1, 0.15) is 6.04 Å². The average Bonchev–Trinajstić information content (AvgIpc) is 2.97. The van der Waals surface area contributed by atoms with Crippen LogP contribution in [0, 0.1) is 13.8 Å². The van der Waals surface area contributed by atoms with E-state index in [9.17, 15) is 14.4 Å². The molecule has 8 nitrogen and oxygen atoms in total. The minimum absolute atomic E-state index is 0.0534. The van der Waals surface area contributed by atoms with Crippen LogP contribution in [0.15, 0.2) is 16.2 Å². The number of nitrogens with one attached hydrogen (secondary N) is 1. The number of carbonyl (C=O) groups is 2. The van der Waals surface area contributed by atoms with Gasteiger partial charge in [0.2, 0.25) is 5.91 Å². The van der Waals surface area contributed by atoms with Gasteiger partial charge in [-0.15, -0.1) is 11.3 Å². The summed E-state index contributed by atoms with van der Waals surface area (Å²) >= 11 is 1.22. The van der Waals surface area contributed by atoms with Crippen LogP contribution in [-0.2, 0) is 20.7 Å². The Bertz CT molecular complexity index is 859. The molecule has 26 heavy (non-hydrogen) atoms. The van der Waals surface area contributed by atoms with Gasteiger partial charge in [-0.3, -0.25) is 14.2 Å². The molecule has 1 amide bonds. The Hall–Kier alpha value is -2.55. The molecular weight excluding hydrogens is 356 g/mol. The molecule has 9 heteroatoms. The van der Waals surface area contributed by atoms with E-state index in [2.05, 4.69) is 15.3 Å². The maximum atomic E-state index is 12.6. The fraction of sp³-hybridized carbons (Fsp3) is 0.471. The Morgan fingerprint density at radius 1 is 1.31 bits per heavy atom. The van der Waals surface area contributed by atoms with Crippen molar-refractivity contribution >= 4 is 28.3 Å². The first-order chi connectivity index (χ1) is 12.3. The second-order valence-corrected chi connectivity index (χ2v) is 6.59. The van der Waals surface area contributed by atoms with Gasteiger partial charge in [0.25, 0.3) is 0 Å². The zero-order chi connectivity index (χ0) is 19.3. The summed E-state index contributed by atoms with van der Waals surface area (Å²) in [5.74, 6) is -0.713. The maximum absolute atomic E-state index is 12.6. The van der Waals surface area contributed by atoms with E-state index in [1.165, 1.54) is 15.9 Å². The molecule has 0 saturated carbocycles. The summed E-state index contributed by atoms with van der Waals surface area (Å²) < 4.78 is 6.26. The van der Waals surface area contributed by atoms with E-state index in [0.717, 1.165) is 0 Å². The van der Waals surface area contributed by atoms with Crippen molar-refractivity contribution in [3.8, 4) is 0 Å². The maximum Gasteiger partial charge on any atom is 0.348 e. The largest absolute Gasteiger partial charge is 0.466 e. The first-order valence-electron chi connectivity index (χ1n) is 8.33. The lowest BCUT2D eigenvalue weighted by atomic mass is 10.2. The summed E-state index contributed by atoms with van der Waals surface area (Å²) in [4.78, 5) is 44.5. The molecule has 2 rings (SSSR count). The number of anilines is 1. The van der Waals surface area contributed by atoms with E-state index in [-0.39, 0.29) is 18.3 Å². The molecule has 0 aliphatic rings. The molecule has 2 aromatic heterocycles. The van der Waals surface area contributed by atoms with Gasteiger partial charge in [-0.2, -0.15) is 4.98 Å². The van der Waals surface area contributed by atoms with Crippen LogP contribution < -0.4 is 11.0 Å². The molecule has 0 saturated heterocycles. The SMILES string of the molecule is CCOC(=O)Cc1csc(NC(=O)C(CC)n2c(C)cc(C)nc2=O)n1. The highest BCUT2D eigenvalue weighted by molar-refractivity contribution is 7.13. The van der Waals surface area contributed by atoms with Crippen LogP contribution >= 0.6 is 11.3 Å². The van der Waals surface area contributed by atoms with Crippen LogP contribution in [0.25, 0.3) is 0 Å². The van der Waals surface area contributed by atoms with Gasteiger partial charge >= 0.3 is 11.7 Å². The molecule has 0 radical (unpaired) electrons. The van der Waals surface area contributed by atoms with E-state index in [0.29, 0.717) is 35.2 Å². The predicted octanol–water partition coefficient (Wildman–Crippen LogP) is 2.01. The standard InChI is InChI=1S/C17H22N4O4S/c1-5-13(21-11(4)7-10(3)18-17(21)24)15(23)20-16-19-12(9-26-16)8-14(22)25-6-2/h7,9,13H,5-6,8H2,1-4H3,(H,19,20,23). The van der Waals surface area contributed by atoms with Crippen LogP contribution in [0.1, 0.15) is 43.4 Å². The number of carbonyl (C=O) groups excluding carboxylic acids is 2. The van der Waals surface area contributed by atoms with Gasteiger partial charge in [-0.1, -0.05) is 6.92 Å². The second-order valence-electron chi connectivity index (χ2n) is 5.73. The summed E-state index contributed by atoms with van der Waals surface area (Å²) in [6.45, 7) is 7.38. The highest BCUT2D eigenvalue weighted by Crippen LogP contribution is 2.20. The zero-order valence-electron chi connectivity index (χ0n) is 15.2. The topological polar surface area (TPSA) is 103 Å². The molecule has 2 heterocycles. The molecule has 2 aromatic rings. The van der Waals surface area contributed by atoms with Crippen molar-refractivity contribution in [2.45, 2.75) is 46.6 Å². The molecule has 0 fully saturated rings. The van der Waals surface area contributed by atoms with E-state index in [1.807, 2.05) is 6.92 Å². The van der Waals surface area contributed by atoms with E-state index in [4.69, 9.17) is 4.74 Å². The van der Waals surface area contributed by atoms with Crippen molar-refractivity contribution in [1.29, 1.82) is 0 Å². The highest BCUT2D eigenvalue weighted by atomic mass is 32.1. The lowest BCUT2D eigenvalue weighted by Gasteiger charge is -2.19. The molecule has 1 unspecified atom stereocenters. The third kappa shape index (κ3) is 4.75. The van der Waals surface area contributed by atoms with Crippen molar-refractivity contribution in [2.24, 2.45) is 0 Å². The molecular formula is C17H22N4O4S. The molecule has 0 aromatic carbocycles. The van der Waals surface area contributed by atoms with E-state index < -0.39 is 11.7 Å². The number of nitrogens with zero attached hydrogens (tertiary/aromatic N) is 3. The molecule has 140 valence electrons.